The summed E-state index contributed by atoms with van der Waals surface area (Å²) in [7, 11) is 0. The number of hydrogen-bond acceptors (Lipinski definition) is 6. The molecule has 0 atom stereocenters. The van der Waals surface area contributed by atoms with Gasteiger partial charge >= 0.3 is 0 Å². The number of anilines is 2. The van der Waals surface area contributed by atoms with Crippen LogP contribution in [0.4, 0.5) is 11.9 Å². The van der Waals surface area contributed by atoms with E-state index in [2.05, 4.69) is 26.4 Å². The minimum atomic E-state index is -1.06. The number of amides is 1. The fourth-order valence-electron chi connectivity index (χ4n) is 3.58. The first kappa shape index (κ1) is 13.1. The number of rotatable bonds is 1. The first-order chi connectivity index (χ1) is 11.8. The molecule has 0 radical (unpaired) electrons. The van der Waals surface area contributed by atoms with Gasteiger partial charge in [-0.3, -0.25) is 21.0 Å². The zero-order chi connectivity index (χ0) is 16.3. The molecular formula is C16H13N7O. The van der Waals surface area contributed by atoms with Gasteiger partial charge in [-0.2, -0.15) is 4.68 Å². The topological polar surface area (TPSA) is 110 Å². The Morgan fingerprint density at radius 3 is 2.25 bits per heavy atom. The summed E-state index contributed by atoms with van der Waals surface area (Å²) in [6.07, 6.45) is 0. The molecule has 5 rings (SSSR count). The Balaban J connectivity index is 1.83. The van der Waals surface area contributed by atoms with Gasteiger partial charge in [0.15, 0.2) is 5.54 Å². The predicted molar refractivity (Wildman–Crippen MR) is 88.5 cm³/mol. The molecule has 0 fully saturated rings. The lowest BCUT2D eigenvalue weighted by Gasteiger charge is -2.36. The average molecular weight is 319 g/mol. The van der Waals surface area contributed by atoms with E-state index < -0.39 is 5.54 Å². The summed E-state index contributed by atoms with van der Waals surface area (Å²) in [5, 5.41) is 10.7. The molecule has 2 aliphatic rings. The number of nitrogens with zero attached hydrogens (tertiary/aromatic N) is 3. The van der Waals surface area contributed by atoms with E-state index in [1.54, 1.807) is 4.68 Å². The summed E-state index contributed by atoms with van der Waals surface area (Å²) >= 11 is 0. The Bertz CT molecular complexity index is 948. The SMILES string of the molecule is NNc1nnc2n1NC1(C(=O)N2)c2ccccc2-c2ccccc21. The summed E-state index contributed by atoms with van der Waals surface area (Å²) in [6.45, 7) is 0. The molecule has 1 amide bonds. The Morgan fingerprint density at radius 2 is 1.62 bits per heavy atom. The van der Waals surface area contributed by atoms with Crippen molar-refractivity contribution >= 4 is 17.8 Å². The molecule has 8 heteroatoms. The van der Waals surface area contributed by atoms with Crippen LogP contribution in [0, 0.1) is 0 Å². The van der Waals surface area contributed by atoms with Crippen LogP contribution in [0.3, 0.4) is 0 Å². The summed E-state index contributed by atoms with van der Waals surface area (Å²) in [6, 6.07) is 15.7. The lowest BCUT2D eigenvalue weighted by atomic mass is 9.86. The van der Waals surface area contributed by atoms with E-state index in [0.717, 1.165) is 22.3 Å². The molecule has 0 unspecified atom stereocenters. The van der Waals surface area contributed by atoms with Crippen LogP contribution in [0.25, 0.3) is 11.1 Å². The normalized spacial score (nSPS) is 16.0. The fourth-order valence-corrected chi connectivity index (χ4v) is 3.58. The molecule has 0 saturated carbocycles. The van der Waals surface area contributed by atoms with Crippen molar-refractivity contribution < 1.29 is 4.79 Å². The van der Waals surface area contributed by atoms with Gasteiger partial charge in [0.2, 0.25) is 0 Å². The summed E-state index contributed by atoms with van der Waals surface area (Å²) in [5.41, 5.74) is 8.50. The van der Waals surface area contributed by atoms with Crippen LogP contribution < -0.4 is 22.0 Å². The highest BCUT2D eigenvalue weighted by atomic mass is 16.2. The number of nitrogens with two attached hydrogens (primary N) is 1. The monoisotopic (exact) mass is 319 g/mol. The molecule has 1 spiro atoms. The highest BCUT2D eigenvalue weighted by molar-refractivity contribution is 6.08. The van der Waals surface area contributed by atoms with Crippen molar-refractivity contribution in [2.24, 2.45) is 5.84 Å². The van der Waals surface area contributed by atoms with Gasteiger partial charge in [-0.15, -0.1) is 10.2 Å². The van der Waals surface area contributed by atoms with Gasteiger partial charge in [-0.25, -0.2) is 5.84 Å². The highest BCUT2D eigenvalue weighted by Crippen LogP contribution is 2.49. The molecule has 24 heavy (non-hydrogen) atoms. The molecule has 1 aromatic heterocycles. The highest BCUT2D eigenvalue weighted by Gasteiger charge is 2.52. The number of carbonyl (C=O) groups is 1. The minimum Gasteiger partial charge on any atom is -0.295 e. The molecule has 5 N–H and O–H groups in total. The maximum absolute atomic E-state index is 13.1. The molecule has 3 aromatic rings. The zero-order valence-corrected chi connectivity index (χ0v) is 12.4. The van der Waals surface area contributed by atoms with Gasteiger partial charge in [0, 0.05) is 11.1 Å². The fraction of sp³-hybridized carbons (Fsp3) is 0.0625. The Labute approximate surface area is 136 Å². The number of aromatic nitrogens is 3. The van der Waals surface area contributed by atoms with Gasteiger partial charge in [0.25, 0.3) is 17.8 Å². The Hall–Kier alpha value is -3.39. The minimum absolute atomic E-state index is 0.205. The van der Waals surface area contributed by atoms with E-state index >= 15 is 0 Å². The van der Waals surface area contributed by atoms with Crippen molar-refractivity contribution in [3.63, 3.8) is 0 Å². The van der Waals surface area contributed by atoms with Crippen LogP contribution in [-0.4, -0.2) is 20.8 Å². The number of nitrogen functional groups attached to an aromatic ring is 1. The first-order valence-electron chi connectivity index (χ1n) is 7.47. The summed E-state index contributed by atoms with van der Waals surface area (Å²) < 4.78 is 1.56. The summed E-state index contributed by atoms with van der Waals surface area (Å²) in [4.78, 5) is 13.1. The van der Waals surface area contributed by atoms with Crippen molar-refractivity contribution in [3.05, 3.63) is 59.7 Å². The third-order valence-corrected chi connectivity index (χ3v) is 4.59. The van der Waals surface area contributed by atoms with Gasteiger partial charge in [-0.1, -0.05) is 48.5 Å². The predicted octanol–water partition coefficient (Wildman–Crippen LogP) is 0.984. The molecule has 2 heterocycles. The molecule has 1 aliphatic carbocycles. The maximum Gasteiger partial charge on any atom is 0.263 e. The zero-order valence-electron chi connectivity index (χ0n) is 12.4. The molecule has 118 valence electrons. The van der Waals surface area contributed by atoms with Crippen LogP contribution in [0.15, 0.2) is 48.5 Å². The number of fused-ring (bicyclic) bond motifs is 6. The number of hydrazine groups is 1. The van der Waals surface area contributed by atoms with E-state index in [1.807, 2.05) is 48.5 Å². The van der Waals surface area contributed by atoms with Crippen molar-refractivity contribution in [1.29, 1.82) is 0 Å². The lowest BCUT2D eigenvalue weighted by Crippen LogP contribution is -2.54. The second-order valence-corrected chi connectivity index (χ2v) is 5.73. The summed E-state index contributed by atoms with van der Waals surface area (Å²) in [5.74, 6) is 5.90. The van der Waals surface area contributed by atoms with Gasteiger partial charge in [-0.05, 0) is 11.1 Å². The van der Waals surface area contributed by atoms with Crippen molar-refractivity contribution in [2.75, 3.05) is 16.2 Å². The number of carbonyl (C=O) groups excluding carboxylic acids is 1. The molecule has 0 saturated heterocycles. The van der Waals surface area contributed by atoms with Crippen LogP contribution in [-0.2, 0) is 10.3 Å². The van der Waals surface area contributed by atoms with Crippen LogP contribution in [0.2, 0.25) is 0 Å². The number of hydrogen-bond donors (Lipinski definition) is 4. The van der Waals surface area contributed by atoms with Crippen molar-refractivity contribution in [2.45, 2.75) is 5.54 Å². The molecule has 0 bridgehead atoms. The van der Waals surface area contributed by atoms with Gasteiger partial charge < -0.3 is 0 Å². The standard InChI is InChI=1S/C16H13N7O/c17-19-15-21-20-14-18-13(24)16(22-23(14)15)11-7-3-1-5-9(11)10-6-2-4-8-12(10)16/h1-8,22H,17H2,(H,19,21)(H,18,20,24). The molecular weight excluding hydrogens is 306 g/mol. The second kappa shape index (κ2) is 4.33. The molecule has 1 aliphatic heterocycles. The lowest BCUT2D eigenvalue weighted by molar-refractivity contribution is -0.120. The van der Waals surface area contributed by atoms with Crippen molar-refractivity contribution in [3.8, 4) is 11.1 Å². The largest absolute Gasteiger partial charge is 0.295 e. The van der Waals surface area contributed by atoms with E-state index in [1.165, 1.54) is 0 Å². The third-order valence-electron chi connectivity index (χ3n) is 4.59. The van der Waals surface area contributed by atoms with E-state index in [-0.39, 0.29) is 5.91 Å². The average Bonchev–Trinajstić information content (AvgIpc) is 3.14. The van der Waals surface area contributed by atoms with Crippen LogP contribution in [0.5, 0.6) is 0 Å². The Morgan fingerprint density at radius 1 is 1.00 bits per heavy atom. The Kier molecular flexibility index (Phi) is 2.36. The van der Waals surface area contributed by atoms with Gasteiger partial charge in [0.1, 0.15) is 0 Å². The smallest absolute Gasteiger partial charge is 0.263 e. The maximum atomic E-state index is 13.1. The van der Waals surface area contributed by atoms with Crippen LogP contribution >= 0.6 is 0 Å². The van der Waals surface area contributed by atoms with Crippen LogP contribution in [0.1, 0.15) is 11.1 Å². The van der Waals surface area contributed by atoms with Crippen molar-refractivity contribution in [1.82, 2.24) is 14.9 Å². The number of benzene rings is 2. The quantitative estimate of drug-likeness (QED) is 0.393. The second-order valence-electron chi connectivity index (χ2n) is 5.73. The number of nitrogens with one attached hydrogen (secondary N) is 3. The van der Waals surface area contributed by atoms with E-state index in [4.69, 9.17) is 5.84 Å². The first-order valence-corrected chi connectivity index (χ1v) is 7.47. The molecule has 2 aromatic carbocycles. The van der Waals surface area contributed by atoms with E-state index in [0.29, 0.717) is 11.9 Å². The molecule has 8 nitrogen and oxygen atoms in total. The third kappa shape index (κ3) is 1.38. The van der Waals surface area contributed by atoms with E-state index in [9.17, 15) is 4.79 Å². The van der Waals surface area contributed by atoms with Gasteiger partial charge in [0.05, 0.1) is 0 Å².